The molecule has 0 saturated heterocycles. The van der Waals surface area contributed by atoms with Gasteiger partial charge in [0.2, 0.25) is 0 Å². The molecule has 0 unspecified atom stereocenters. The van der Waals surface area contributed by atoms with E-state index >= 15 is 0 Å². The molecule has 2 amide bonds. The van der Waals surface area contributed by atoms with Gasteiger partial charge in [0.15, 0.2) is 0 Å². The smallest absolute Gasteiger partial charge is 0.267 e. The van der Waals surface area contributed by atoms with E-state index in [0.29, 0.717) is 4.68 Å². The Morgan fingerprint density at radius 2 is 1.55 bits per heavy atom. The molecule has 11 heteroatoms. The van der Waals surface area contributed by atoms with E-state index in [1.54, 1.807) is 6.07 Å². The van der Waals surface area contributed by atoms with Crippen molar-refractivity contribution in [3.63, 3.8) is 0 Å². The molecule has 150 valence electrons. The number of halogens is 5. The van der Waals surface area contributed by atoms with Crippen LogP contribution in [0.3, 0.4) is 0 Å². The van der Waals surface area contributed by atoms with Crippen LogP contribution < -0.4 is 10.9 Å². The minimum atomic E-state index is -4.61. The minimum Gasteiger partial charge on any atom is -0.267 e. The van der Waals surface area contributed by atoms with Gasteiger partial charge in [-0.05, 0) is 36.4 Å². The zero-order chi connectivity index (χ0) is 21.2. The Hall–Kier alpha value is -3.04. The van der Waals surface area contributed by atoms with Gasteiger partial charge in [0, 0.05) is 5.56 Å². The topological polar surface area (TPSA) is 76.0 Å². The van der Waals surface area contributed by atoms with Crippen LogP contribution in [0.5, 0.6) is 0 Å². The zero-order valence-corrected chi connectivity index (χ0v) is 15.8. The minimum absolute atomic E-state index is 0.00307. The summed E-state index contributed by atoms with van der Waals surface area (Å²) in [7, 11) is 0. The van der Waals surface area contributed by atoms with Crippen molar-refractivity contribution < 1.29 is 22.8 Å². The van der Waals surface area contributed by atoms with Crippen LogP contribution in [0, 0.1) is 0 Å². The Balaban J connectivity index is 1.77. The van der Waals surface area contributed by atoms with Crippen LogP contribution in [0.2, 0.25) is 10.0 Å². The molecule has 0 fully saturated rings. The quantitative estimate of drug-likeness (QED) is 0.594. The van der Waals surface area contributed by atoms with Gasteiger partial charge in [0.1, 0.15) is 5.69 Å². The van der Waals surface area contributed by atoms with E-state index in [0.717, 1.165) is 12.3 Å². The number of nitrogens with one attached hydrogen (secondary N) is 2. The lowest BCUT2D eigenvalue weighted by Crippen LogP contribution is -2.41. The van der Waals surface area contributed by atoms with E-state index in [1.807, 2.05) is 0 Å². The van der Waals surface area contributed by atoms with Crippen LogP contribution in [-0.2, 0) is 6.18 Å². The lowest BCUT2D eigenvalue weighted by Gasteiger charge is -2.12. The molecule has 0 aliphatic heterocycles. The molecule has 1 heterocycles. The van der Waals surface area contributed by atoms with Gasteiger partial charge in [-0.2, -0.15) is 18.3 Å². The summed E-state index contributed by atoms with van der Waals surface area (Å²) in [5.74, 6) is -1.51. The number of nitrogens with zero attached hydrogens (tertiary/aromatic N) is 2. The molecule has 2 N–H and O–H groups in total. The lowest BCUT2D eigenvalue weighted by atomic mass is 10.2. The molecule has 3 aromatic rings. The molecule has 6 nitrogen and oxygen atoms in total. The molecule has 0 atom stereocenters. The average Bonchev–Trinajstić information content (AvgIpc) is 3.16. The molecule has 1 aromatic heterocycles. The highest BCUT2D eigenvalue weighted by Gasteiger charge is 2.35. The first-order valence-corrected chi connectivity index (χ1v) is 8.70. The molecule has 0 aliphatic rings. The highest BCUT2D eigenvalue weighted by molar-refractivity contribution is 6.39. The highest BCUT2D eigenvalue weighted by atomic mass is 35.5. The summed E-state index contributed by atoms with van der Waals surface area (Å²) in [6, 6.07) is 10.6. The Morgan fingerprint density at radius 1 is 0.931 bits per heavy atom. The number of rotatable bonds is 3. The SMILES string of the molecule is O=C(NNC(=O)c1c(Cl)cccc1Cl)c1cccc(-n2nccc2C(F)(F)F)c1. The van der Waals surface area contributed by atoms with Crippen molar-refractivity contribution in [3.05, 3.63) is 81.6 Å². The summed E-state index contributed by atoms with van der Waals surface area (Å²) in [5.41, 5.74) is 3.32. The monoisotopic (exact) mass is 442 g/mol. The maximum absolute atomic E-state index is 13.1. The van der Waals surface area contributed by atoms with E-state index in [9.17, 15) is 22.8 Å². The predicted molar refractivity (Wildman–Crippen MR) is 100.0 cm³/mol. The maximum Gasteiger partial charge on any atom is 0.433 e. The second kappa shape index (κ2) is 8.14. The van der Waals surface area contributed by atoms with Crippen LogP contribution in [0.1, 0.15) is 26.4 Å². The molecule has 2 aromatic carbocycles. The lowest BCUT2D eigenvalue weighted by molar-refractivity contribution is -0.142. The summed E-state index contributed by atoms with van der Waals surface area (Å²) in [6.45, 7) is 0. The fraction of sp³-hybridized carbons (Fsp3) is 0.0556. The molecule has 0 spiro atoms. The van der Waals surface area contributed by atoms with Crippen molar-refractivity contribution in [2.24, 2.45) is 0 Å². The third kappa shape index (κ3) is 4.52. The molecular weight excluding hydrogens is 432 g/mol. The van der Waals surface area contributed by atoms with Crippen molar-refractivity contribution in [2.75, 3.05) is 0 Å². The van der Waals surface area contributed by atoms with Gasteiger partial charge in [-0.1, -0.05) is 35.3 Å². The zero-order valence-electron chi connectivity index (χ0n) is 14.3. The Labute approximate surface area is 172 Å². The van der Waals surface area contributed by atoms with Crippen molar-refractivity contribution in [2.45, 2.75) is 6.18 Å². The maximum atomic E-state index is 13.1. The van der Waals surface area contributed by atoms with Gasteiger partial charge in [0.25, 0.3) is 11.8 Å². The van der Waals surface area contributed by atoms with Gasteiger partial charge in [-0.15, -0.1) is 0 Å². The van der Waals surface area contributed by atoms with E-state index in [2.05, 4.69) is 16.0 Å². The number of alkyl halides is 3. The molecule has 0 saturated carbocycles. The van der Waals surface area contributed by atoms with Crippen LogP contribution in [0.15, 0.2) is 54.7 Å². The number of hydrogen-bond donors (Lipinski definition) is 2. The van der Waals surface area contributed by atoms with Gasteiger partial charge >= 0.3 is 6.18 Å². The number of carbonyl (C=O) groups excluding carboxylic acids is 2. The van der Waals surface area contributed by atoms with Gasteiger partial charge < -0.3 is 0 Å². The third-order valence-corrected chi connectivity index (χ3v) is 4.40. The number of hydrazine groups is 1. The second-order valence-electron chi connectivity index (χ2n) is 5.68. The first-order valence-electron chi connectivity index (χ1n) is 7.95. The third-order valence-electron chi connectivity index (χ3n) is 3.77. The number of amides is 2. The van der Waals surface area contributed by atoms with Crippen LogP contribution in [0.4, 0.5) is 13.2 Å². The van der Waals surface area contributed by atoms with Crippen molar-refractivity contribution in [1.82, 2.24) is 20.6 Å². The summed E-state index contributed by atoms with van der Waals surface area (Å²) >= 11 is 11.9. The average molecular weight is 443 g/mol. The largest absolute Gasteiger partial charge is 0.433 e. The van der Waals surface area contributed by atoms with Crippen LogP contribution in [-0.4, -0.2) is 21.6 Å². The Kier molecular flexibility index (Phi) is 5.81. The first kappa shape index (κ1) is 20.7. The van der Waals surface area contributed by atoms with Crippen molar-refractivity contribution >= 4 is 35.0 Å². The summed E-state index contributed by atoms with van der Waals surface area (Å²) < 4.78 is 39.8. The van der Waals surface area contributed by atoms with E-state index in [-0.39, 0.29) is 26.9 Å². The molecule has 3 rings (SSSR count). The van der Waals surface area contributed by atoms with E-state index < -0.39 is 23.7 Å². The normalized spacial score (nSPS) is 11.2. The van der Waals surface area contributed by atoms with Crippen molar-refractivity contribution in [3.8, 4) is 5.69 Å². The fourth-order valence-corrected chi connectivity index (χ4v) is 3.03. The Bertz CT molecular complexity index is 1060. The molecular formula is C18H11Cl2F3N4O2. The number of aromatic nitrogens is 2. The van der Waals surface area contributed by atoms with Gasteiger partial charge in [-0.3, -0.25) is 20.4 Å². The molecule has 0 aliphatic carbocycles. The Morgan fingerprint density at radius 3 is 2.21 bits per heavy atom. The number of carbonyl (C=O) groups is 2. The van der Waals surface area contributed by atoms with Crippen LogP contribution in [0.25, 0.3) is 5.69 Å². The molecule has 0 bridgehead atoms. The van der Waals surface area contributed by atoms with Crippen molar-refractivity contribution in [1.29, 1.82) is 0 Å². The van der Waals surface area contributed by atoms with Gasteiger partial charge in [-0.25, -0.2) is 4.68 Å². The summed E-state index contributed by atoms with van der Waals surface area (Å²) in [5, 5.41) is 3.83. The number of benzene rings is 2. The summed E-state index contributed by atoms with van der Waals surface area (Å²) in [4.78, 5) is 24.5. The first-order chi connectivity index (χ1) is 13.7. The summed E-state index contributed by atoms with van der Waals surface area (Å²) in [6.07, 6.45) is -3.61. The highest BCUT2D eigenvalue weighted by Crippen LogP contribution is 2.30. The second-order valence-corrected chi connectivity index (χ2v) is 6.50. The standard InChI is InChI=1S/C18H11Cl2F3N4O2/c19-12-5-2-6-13(20)15(12)17(29)26-25-16(28)10-3-1-4-11(9-10)27-14(7-8-24-27)18(21,22)23/h1-9H,(H,25,28)(H,26,29). The van der Waals surface area contributed by atoms with E-state index in [1.165, 1.54) is 36.4 Å². The number of hydrogen-bond acceptors (Lipinski definition) is 3. The molecule has 29 heavy (non-hydrogen) atoms. The van der Waals surface area contributed by atoms with E-state index in [4.69, 9.17) is 23.2 Å². The predicted octanol–water partition coefficient (Wildman–Crippen LogP) is 4.27. The van der Waals surface area contributed by atoms with Gasteiger partial charge in [0.05, 0.1) is 27.5 Å². The fourth-order valence-electron chi connectivity index (χ4n) is 2.47. The van der Waals surface area contributed by atoms with Crippen LogP contribution >= 0.6 is 23.2 Å². The molecule has 0 radical (unpaired) electrons.